The molecular formula is C27H33NO5. The summed E-state index contributed by atoms with van der Waals surface area (Å²) >= 11 is 0. The number of methoxy groups -OCH3 is 1. The fraction of sp³-hybridized carbons (Fsp3) is 0.407. The van der Waals surface area contributed by atoms with Crippen molar-refractivity contribution in [2.24, 2.45) is 0 Å². The second kappa shape index (κ2) is 10.1. The van der Waals surface area contributed by atoms with Crippen molar-refractivity contribution in [3.8, 4) is 11.5 Å². The first-order valence-corrected chi connectivity index (χ1v) is 11.5. The Morgan fingerprint density at radius 1 is 1.15 bits per heavy atom. The summed E-state index contributed by atoms with van der Waals surface area (Å²) in [4.78, 5) is 27.7. The number of ketones is 1. The van der Waals surface area contributed by atoms with Crippen LogP contribution in [0.4, 0.5) is 0 Å². The maximum absolute atomic E-state index is 13.2. The molecule has 1 unspecified atom stereocenters. The number of carbonyl (C=O) groups is 2. The van der Waals surface area contributed by atoms with Gasteiger partial charge in [0.15, 0.2) is 0 Å². The average molecular weight is 452 g/mol. The molecule has 6 nitrogen and oxygen atoms in total. The second-order valence-electron chi connectivity index (χ2n) is 8.86. The number of Topliss-reactive ketones (excluding diaryl/α,β-unsaturated/α-hetero) is 1. The minimum atomic E-state index is -0.766. The molecular weight excluding hydrogens is 418 g/mol. The van der Waals surface area contributed by atoms with Gasteiger partial charge < -0.3 is 19.8 Å². The van der Waals surface area contributed by atoms with Crippen LogP contribution in [-0.2, 0) is 9.59 Å². The molecule has 6 heteroatoms. The number of aryl methyl sites for hydroxylation is 1. The number of unbranched alkanes of at least 4 members (excludes halogenated alkanes) is 2. The molecule has 1 heterocycles. The zero-order valence-corrected chi connectivity index (χ0v) is 20.0. The number of rotatable bonds is 8. The van der Waals surface area contributed by atoms with Gasteiger partial charge in [0.2, 0.25) is 0 Å². The highest BCUT2D eigenvalue weighted by molar-refractivity contribution is 6.46. The normalized spacial score (nSPS) is 17.8. The number of carbonyl (C=O) groups excluding carboxylic acids is 2. The van der Waals surface area contributed by atoms with Gasteiger partial charge in [0.1, 0.15) is 17.3 Å². The molecule has 0 aromatic heterocycles. The molecule has 0 spiro atoms. The Morgan fingerprint density at radius 3 is 2.48 bits per heavy atom. The maximum atomic E-state index is 13.2. The number of nitrogens with zero attached hydrogens (tertiary/aromatic N) is 1. The van der Waals surface area contributed by atoms with Crippen LogP contribution in [-0.4, -0.2) is 40.5 Å². The van der Waals surface area contributed by atoms with Gasteiger partial charge in [0.25, 0.3) is 11.7 Å². The fourth-order valence-electron chi connectivity index (χ4n) is 4.41. The lowest BCUT2D eigenvalue weighted by atomic mass is 9.91. The SMILES string of the molecule is CCCCCN1C(=O)C(=O)/C(=C(/O)c2cc(C(C)C)c(OC)cc2C)C1c1cccc(O)c1. The number of hydrogen-bond acceptors (Lipinski definition) is 5. The molecule has 1 fully saturated rings. The van der Waals surface area contributed by atoms with E-state index in [9.17, 15) is 19.8 Å². The molecule has 0 aliphatic carbocycles. The number of phenols is 1. The van der Waals surface area contributed by atoms with Crippen LogP contribution in [0.25, 0.3) is 5.76 Å². The van der Waals surface area contributed by atoms with Crippen molar-refractivity contribution in [1.29, 1.82) is 0 Å². The molecule has 0 saturated carbocycles. The van der Waals surface area contributed by atoms with E-state index < -0.39 is 17.7 Å². The predicted octanol–water partition coefficient (Wildman–Crippen LogP) is 5.44. The number of ether oxygens (including phenoxy) is 1. The molecule has 2 aromatic rings. The minimum Gasteiger partial charge on any atom is -0.508 e. The topological polar surface area (TPSA) is 87.1 Å². The van der Waals surface area contributed by atoms with Gasteiger partial charge in [-0.15, -0.1) is 0 Å². The van der Waals surface area contributed by atoms with Gasteiger partial charge >= 0.3 is 0 Å². The van der Waals surface area contributed by atoms with Crippen LogP contribution in [0.1, 0.15) is 74.2 Å². The summed E-state index contributed by atoms with van der Waals surface area (Å²) < 4.78 is 5.51. The van der Waals surface area contributed by atoms with E-state index >= 15 is 0 Å². The van der Waals surface area contributed by atoms with Gasteiger partial charge in [0, 0.05) is 12.1 Å². The fourth-order valence-corrected chi connectivity index (χ4v) is 4.41. The molecule has 2 N–H and O–H groups in total. The molecule has 1 aliphatic rings. The highest BCUT2D eigenvalue weighted by Gasteiger charge is 2.46. The summed E-state index contributed by atoms with van der Waals surface area (Å²) in [5.74, 6) is -0.667. The third-order valence-electron chi connectivity index (χ3n) is 6.18. The summed E-state index contributed by atoms with van der Waals surface area (Å²) in [6, 6.07) is 9.41. The van der Waals surface area contributed by atoms with Crippen molar-refractivity contribution >= 4 is 17.4 Å². The molecule has 0 bridgehead atoms. The average Bonchev–Trinajstić information content (AvgIpc) is 3.03. The molecule has 1 atom stereocenters. The van der Waals surface area contributed by atoms with Gasteiger partial charge in [0.05, 0.1) is 18.7 Å². The third-order valence-corrected chi connectivity index (χ3v) is 6.18. The Kier molecular flexibility index (Phi) is 7.46. The lowest BCUT2D eigenvalue weighted by Gasteiger charge is -2.25. The Labute approximate surface area is 195 Å². The zero-order valence-electron chi connectivity index (χ0n) is 20.0. The number of benzene rings is 2. The molecule has 1 saturated heterocycles. The molecule has 3 rings (SSSR count). The summed E-state index contributed by atoms with van der Waals surface area (Å²) in [5, 5.41) is 21.5. The lowest BCUT2D eigenvalue weighted by molar-refractivity contribution is -0.139. The number of hydrogen-bond donors (Lipinski definition) is 2. The highest BCUT2D eigenvalue weighted by atomic mass is 16.5. The van der Waals surface area contributed by atoms with Crippen LogP contribution in [0, 0.1) is 6.92 Å². The van der Waals surface area contributed by atoms with E-state index in [0.29, 0.717) is 23.4 Å². The molecule has 33 heavy (non-hydrogen) atoms. The van der Waals surface area contributed by atoms with Crippen molar-refractivity contribution in [3.63, 3.8) is 0 Å². The number of aliphatic hydroxyl groups excluding tert-OH is 1. The Hall–Kier alpha value is -3.28. The van der Waals surface area contributed by atoms with E-state index in [-0.39, 0.29) is 23.0 Å². The highest BCUT2D eigenvalue weighted by Crippen LogP contribution is 2.42. The van der Waals surface area contributed by atoms with Gasteiger partial charge in [-0.25, -0.2) is 0 Å². The Balaban J connectivity index is 2.22. The zero-order chi connectivity index (χ0) is 24.3. The Bertz CT molecular complexity index is 1090. The van der Waals surface area contributed by atoms with E-state index in [1.807, 2.05) is 32.9 Å². The van der Waals surface area contributed by atoms with Crippen molar-refractivity contribution < 1.29 is 24.5 Å². The first-order chi connectivity index (χ1) is 15.7. The van der Waals surface area contributed by atoms with Crippen molar-refractivity contribution in [2.75, 3.05) is 13.7 Å². The largest absolute Gasteiger partial charge is 0.508 e. The van der Waals surface area contributed by atoms with E-state index in [1.54, 1.807) is 19.2 Å². The number of aliphatic hydroxyl groups is 1. The summed E-state index contributed by atoms with van der Waals surface area (Å²) in [6.45, 7) is 8.35. The van der Waals surface area contributed by atoms with Gasteiger partial charge in [-0.3, -0.25) is 9.59 Å². The summed E-state index contributed by atoms with van der Waals surface area (Å²) in [7, 11) is 1.60. The molecule has 2 aromatic carbocycles. The smallest absolute Gasteiger partial charge is 0.295 e. The van der Waals surface area contributed by atoms with Crippen LogP contribution in [0.5, 0.6) is 11.5 Å². The number of aromatic hydroxyl groups is 1. The molecule has 0 radical (unpaired) electrons. The number of likely N-dealkylation sites (tertiary alicyclic amines) is 1. The van der Waals surface area contributed by atoms with Crippen LogP contribution < -0.4 is 4.74 Å². The molecule has 1 amide bonds. The van der Waals surface area contributed by atoms with Crippen LogP contribution in [0.2, 0.25) is 0 Å². The van der Waals surface area contributed by atoms with Gasteiger partial charge in [-0.05, 0) is 60.2 Å². The number of phenolic OH excluding ortho intramolecular Hbond substituents is 1. The summed E-state index contributed by atoms with van der Waals surface area (Å²) in [5.41, 5.74) is 2.76. The first kappa shape index (κ1) is 24.4. The Morgan fingerprint density at radius 2 is 1.88 bits per heavy atom. The second-order valence-corrected chi connectivity index (χ2v) is 8.86. The van der Waals surface area contributed by atoms with Crippen molar-refractivity contribution in [2.45, 2.75) is 58.9 Å². The van der Waals surface area contributed by atoms with E-state index in [4.69, 9.17) is 4.74 Å². The maximum Gasteiger partial charge on any atom is 0.295 e. The van der Waals surface area contributed by atoms with Gasteiger partial charge in [-0.2, -0.15) is 0 Å². The van der Waals surface area contributed by atoms with E-state index in [2.05, 4.69) is 6.92 Å². The van der Waals surface area contributed by atoms with Crippen molar-refractivity contribution in [1.82, 2.24) is 4.90 Å². The minimum absolute atomic E-state index is 0.0365. The quantitative estimate of drug-likeness (QED) is 0.241. The van der Waals surface area contributed by atoms with E-state index in [0.717, 1.165) is 30.4 Å². The van der Waals surface area contributed by atoms with Crippen LogP contribution >= 0.6 is 0 Å². The third kappa shape index (κ3) is 4.75. The lowest BCUT2D eigenvalue weighted by Crippen LogP contribution is -2.30. The number of amides is 1. The molecule has 1 aliphatic heterocycles. The van der Waals surface area contributed by atoms with Crippen LogP contribution in [0.3, 0.4) is 0 Å². The van der Waals surface area contributed by atoms with Crippen molar-refractivity contribution in [3.05, 3.63) is 64.2 Å². The van der Waals surface area contributed by atoms with Crippen LogP contribution in [0.15, 0.2) is 42.0 Å². The monoisotopic (exact) mass is 451 g/mol. The van der Waals surface area contributed by atoms with E-state index in [1.165, 1.54) is 17.0 Å². The molecule has 176 valence electrons. The van der Waals surface area contributed by atoms with Gasteiger partial charge in [-0.1, -0.05) is 45.7 Å². The standard InChI is InChI=1S/C27H33NO5/c1-6-7-8-12-28-24(18-10-9-11-19(29)14-18)23(26(31)27(28)32)25(30)21-15-20(16(2)3)22(33-5)13-17(21)4/h9-11,13-16,24,29-30H,6-8,12H2,1-5H3/b25-23+. The predicted molar refractivity (Wildman–Crippen MR) is 128 cm³/mol. The summed E-state index contributed by atoms with van der Waals surface area (Å²) in [6.07, 6.45) is 2.65. The first-order valence-electron chi connectivity index (χ1n) is 11.5.